The van der Waals surface area contributed by atoms with Crippen LogP contribution < -0.4 is 0 Å². The lowest BCUT2D eigenvalue weighted by Gasteiger charge is -2.30. The minimum Gasteiger partial charge on any atom is -0.478 e. The van der Waals surface area contributed by atoms with Gasteiger partial charge >= 0.3 is 5.97 Å². The van der Waals surface area contributed by atoms with Crippen molar-refractivity contribution in [3.63, 3.8) is 0 Å². The Bertz CT molecular complexity index is 574. The first-order chi connectivity index (χ1) is 8.88. The predicted molar refractivity (Wildman–Crippen MR) is 71.8 cm³/mol. The quantitative estimate of drug-likeness (QED) is 0.912. The van der Waals surface area contributed by atoms with Crippen LogP contribution in [0.1, 0.15) is 34.7 Å². The van der Waals surface area contributed by atoms with E-state index in [-0.39, 0.29) is 11.5 Å². The highest BCUT2D eigenvalue weighted by Crippen LogP contribution is 2.29. The number of aromatic carboxylic acids is 1. The van der Waals surface area contributed by atoms with Crippen LogP contribution in [-0.4, -0.2) is 43.1 Å². The number of hydrogen-bond acceptors (Lipinski definition) is 3. The van der Waals surface area contributed by atoms with Crippen molar-refractivity contribution in [2.45, 2.75) is 18.8 Å². The van der Waals surface area contributed by atoms with E-state index in [1.807, 2.05) is 6.07 Å². The molecule has 2 rings (SSSR count). The van der Waals surface area contributed by atoms with Crippen molar-refractivity contribution >= 4 is 16.0 Å². The highest BCUT2D eigenvalue weighted by molar-refractivity contribution is 7.88. The van der Waals surface area contributed by atoms with Crippen LogP contribution in [0.15, 0.2) is 24.3 Å². The lowest BCUT2D eigenvalue weighted by Crippen LogP contribution is -2.37. The molecule has 0 aliphatic carbocycles. The van der Waals surface area contributed by atoms with Crippen LogP contribution in [0.25, 0.3) is 0 Å². The molecule has 0 aromatic heterocycles. The molecule has 1 saturated heterocycles. The van der Waals surface area contributed by atoms with E-state index in [9.17, 15) is 13.2 Å². The van der Waals surface area contributed by atoms with Crippen LogP contribution in [0.2, 0.25) is 0 Å². The van der Waals surface area contributed by atoms with Gasteiger partial charge in [-0.25, -0.2) is 17.5 Å². The summed E-state index contributed by atoms with van der Waals surface area (Å²) in [6.07, 6.45) is 2.69. The number of carboxylic acid groups (broad SMARTS) is 1. The third-order valence-corrected chi connectivity index (χ3v) is 4.83. The average Bonchev–Trinajstić information content (AvgIpc) is 2.38. The van der Waals surface area contributed by atoms with Gasteiger partial charge in [-0.05, 0) is 36.5 Å². The maximum Gasteiger partial charge on any atom is 0.335 e. The van der Waals surface area contributed by atoms with Gasteiger partial charge in [0.2, 0.25) is 10.0 Å². The molecule has 6 heteroatoms. The summed E-state index contributed by atoms with van der Waals surface area (Å²) in [7, 11) is -3.11. The molecule has 0 radical (unpaired) electrons. The van der Waals surface area contributed by atoms with E-state index in [0.717, 1.165) is 18.4 Å². The Balaban J connectivity index is 2.10. The van der Waals surface area contributed by atoms with E-state index in [1.54, 1.807) is 18.2 Å². The Morgan fingerprint density at radius 3 is 2.47 bits per heavy atom. The third kappa shape index (κ3) is 3.33. The number of carbonyl (C=O) groups is 1. The van der Waals surface area contributed by atoms with Gasteiger partial charge in [0.05, 0.1) is 11.8 Å². The number of sulfonamides is 1. The number of hydrogen-bond donors (Lipinski definition) is 1. The van der Waals surface area contributed by atoms with Crippen LogP contribution >= 0.6 is 0 Å². The number of rotatable bonds is 3. The lowest BCUT2D eigenvalue weighted by atomic mass is 9.89. The zero-order valence-electron chi connectivity index (χ0n) is 10.7. The molecule has 5 nitrogen and oxygen atoms in total. The molecule has 104 valence electrons. The summed E-state index contributed by atoms with van der Waals surface area (Å²) in [4.78, 5) is 10.9. The van der Waals surface area contributed by atoms with Crippen LogP contribution in [0.5, 0.6) is 0 Å². The SMILES string of the molecule is CS(=O)(=O)N1CCC(c2cccc(C(=O)O)c2)CC1. The molecule has 1 heterocycles. The van der Waals surface area contributed by atoms with Crippen molar-refractivity contribution in [2.24, 2.45) is 0 Å². The van der Waals surface area contributed by atoms with Crippen molar-refractivity contribution in [2.75, 3.05) is 19.3 Å². The van der Waals surface area contributed by atoms with Gasteiger partial charge in [0.1, 0.15) is 0 Å². The van der Waals surface area contributed by atoms with Gasteiger partial charge in [0.25, 0.3) is 0 Å². The highest BCUT2D eigenvalue weighted by atomic mass is 32.2. The molecule has 1 N–H and O–H groups in total. The van der Waals surface area contributed by atoms with Crippen LogP contribution in [0.4, 0.5) is 0 Å². The Morgan fingerprint density at radius 2 is 1.95 bits per heavy atom. The fraction of sp³-hybridized carbons (Fsp3) is 0.462. The van der Waals surface area contributed by atoms with E-state index in [1.165, 1.54) is 10.6 Å². The first kappa shape index (κ1) is 14.0. The molecule has 1 aliphatic rings. The zero-order valence-corrected chi connectivity index (χ0v) is 11.6. The average molecular weight is 283 g/mol. The lowest BCUT2D eigenvalue weighted by molar-refractivity contribution is 0.0696. The summed E-state index contributed by atoms with van der Waals surface area (Å²) in [6, 6.07) is 6.90. The van der Waals surface area contributed by atoms with Gasteiger partial charge in [0, 0.05) is 13.1 Å². The topological polar surface area (TPSA) is 74.7 Å². The van der Waals surface area contributed by atoms with Crippen LogP contribution in [0, 0.1) is 0 Å². The van der Waals surface area contributed by atoms with Gasteiger partial charge in [-0.2, -0.15) is 0 Å². The summed E-state index contributed by atoms with van der Waals surface area (Å²) in [6.45, 7) is 1.00. The molecule has 0 unspecified atom stereocenters. The molecular weight excluding hydrogens is 266 g/mol. The monoisotopic (exact) mass is 283 g/mol. The first-order valence-electron chi connectivity index (χ1n) is 6.16. The number of nitrogens with zero attached hydrogens (tertiary/aromatic N) is 1. The third-order valence-electron chi connectivity index (χ3n) is 3.53. The molecule has 0 atom stereocenters. The fourth-order valence-corrected chi connectivity index (χ4v) is 3.32. The Morgan fingerprint density at radius 1 is 1.32 bits per heavy atom. The Hall–Kier alpha value is -1.40. The maximum atomic E-state index is 11.4. The molecule has 19 heavy (non-hydrogen) atoms. The second-order valence-electron chi connectivity index (χ2n) is 4.87. The molecular formula is C13H17NO4S. The standard InChI is InChI=1S/C13H17NO4S/c1-19(17,18)14-7-5-10(6-8-14)11-3-2-4-12(9-11)13(15)16/h2-4,9-10H,5-8H2,1H3,(H,15,16). The van der Waals surface area contributed by atoms with Crippen molar-refractivity contribution in [3.05, 3.63) is 35.4 Å². The summed E-state index contributed by atoms with van der Waals surface area (Å²) in [5.74, 6) is -0.701. The largest absolute Gasteiger partial charge is 0.478 e. The van der Waals surface area contributed by atoms with Crippen molar-refractivity contribution < 1.29 is 18.3 Å². The number of piperidine rings is 1. The van der Waals surface area contributed by atoms with Crippen molar-refractivity contribution in [1.82, 2.24) is 4.31 Å². The molecule has 1 fully saturated rings. The molecule has 1 aromatic carbocycles. The predicted octanol–water partition coefficient (Wildman–Crippen LogP) is 1.52. The van der Waals surface area contributed by atoms with Crippen molar-refractivity contribution in [1.29, 1.82) is 0 Å². The molecule has 0 spiro atoms. The summed E-state index contributed by atoms with van der Waals surface area (Å²) < 4.78 is 24.3. The molecule has 0 bridgehead atoms. The fourth-order valence-electron chi connectivity index (χ4n) is 2.45. The smallest absolute Gasteiger partial charge is 0.335 e. The van der Waals surface area contributed by atoms with Crippen molar-refractivity contribution in [3.8, 4) is 0 Å². The van der Waals surface area contributed by atoms with Crippen LogP contribution in [0.3, 0.4) is 0 Å². The number of carboxylic acids is 1. The Labute approximate surface area is 112 Å². The second-order valence-corrected chi connectivity index (χ2v) is 6.85. The molecule has 1 aliphatic heterocycles. The van der Waals surface area contributed by atoms with Gasteiger partial charge < -0.3 is 5.11 Å². The van der Waals surface area contributed by atoms with Gasteiger partial charge in [0.15, 0.2) is 0 Å². The molecule has 1 aromatic rings. The second kappa shape index (κ2) is 5.30. The van der Waals surface area contributed by atoms with Gasteiger partial charge in [-0.1, -0.05) is 12.1 Å². The zero-order chi connectivity index (χ0) is 14.0. The summed E-state index contributed by atoms with van der Waals surface area (Å²) in [5, 5.41) is 8.97. The minimum absolute atomic E-state index is 0.234. The number of benzene rings is 1. The first-order valence-corrected chi connectivity index (χ1v) is 8.01. The van der Waals surface area contributed by atoms with E-state index >= 15 is 0 Å². The highest BCUT2D eigenvalue weighted by Gasteiger charge is 2.25. The molecule has 0 saturated carbocycles. The van der Waals surface area contributed by atoms with E-state index in [2.05, 4.69) is 0 Å². The Kier molecular flexibility index (Phi) is 3.91. The van der Waals surface area contributed by atoms with Gasteiger partial charge in [-0.15, -0.1) is 0 Å². The maximum absolute atomic E-state index is 11.4. The normalized spacial score (nSPS) is 18.4. The van der Waals surface area contributed by atoms with E-state index < -0.39 is 16.0 Å². The summed E-state index contributed by atoms with van der Waals surface area (Å²) >= 11 is 0. The van der Waals surface area contributed by atoms with E-state index in [0.29, 0.717) is 13.1 Å². The summed E-state index contributed by atoms with van der Waals surface area (Å²) in [5.41, 5.74) is 1.26. The van der Waals surface area contributed by atoms with Gasteiger partial charge in [-0.3, -0.25) is 0 Å². The minimum atomic E-state index is -3.11. The molecule has 0 amide bonds. The van der Waals surface area contributed by atoms with Crippen LogP contribution in [-0.2, 0) is 10.0 Å². The van der Waals surface area contributed by atoms with E-state index in [4.69, 9.17) is 5.11 Å².